The van der Waals surface area contributed by atoms with Gasteiger partial charge in [0.05, 0.1) is 0 Å². The molecule has 0 bridgehead atoms. The molecule has 0 saturated carbocycles. The predicted octanol–water partition coefficient (Wildman–Crippen LogP) is 5.24. The van der Waals surface area contributed by atoms with Gasteiger partial charge in [-0.3, -0.25) is 9.59 Å². The van der Waals surface area contributed by atoms with E-state index in [0.29, 0.717) is 5.69 Å². The lowest BCUT2D eigenvalue weighted by Crippen LogP contribution is -2.28. The molecule has 3 aromatic rings. The maximum Gasteiger partial charge on any atom is 0.265 e. The zero-order valence-electron chi connectivity index (χ0n) is 20.1. The van der Waals surface area contributed by atoms with E-state index in [1.807, 2.05) is 44.4 Å². The molecule has 0 radical (unpaired) electrons. The highest BCUT2D eigenvalue weighted by Gasteiger charge is 2.22. The van der Waals surface area contributed by atoms with Gasteiger partial charge in [-0.05, 0) is 59.2 Å². The van der Waals surface area contributed by atoms with E-state index in [1.165, 1.54) is 5.56 Å². The first-order valence-electron chi connectivity index (χ1n) is 10.9. The third-order valence-corrected chi connectivity index (χ3v) is 6.12. The van der Waals surface area contributed by atoms with Gasteiger partial charge in [0.1, 0.15) is 5.69 Å². The summed E-state index contributed by atoms with van der Waals surface area (Å²) in [4.78, 5) is 26.9. The molecule has 3 rings (SSSR count). The van der Waals surface area contributed by atoms with Gasteiger partial charge in [0.15, 0.2) is 0 Å². The SMILES string of the molecule is CCc1cc(C(C)(C)C)ccc1C(=O)N(C)c1cccc(-c2cc(C(N)=O)n(C)c2)c1C. The van der Waals surface area contributed by atoms with Crippen molar-refractivity contribution < 1.29 is 9.59 Å². The van der Waals surface area contributed by atoms with Crippen molar-refractivity contribution in [3.63, 3.8) is 0 Å². The van der Waals surface area contributed by atoms with Crippen molar-refractivity contribution in [2.45, 2.75) is 46.5 Å². The van der Waals surface area contributed by atoms with Crippen LogP contribution in [0.1, 0.15) is 65.2 Å². The van der Waals surface area contributed by atoms with Gasteiger partial charge in [0, 0.05) is 37.1 Å². The van der Waals surface area contributed by atoms with Crippen LogP contribution in [0.5, 0.6) is 0 Å². The molecule has 32 heavy (non-hydrogen) atoms. The summed E-state index contributed by atoms with van der Waals surface area (Å²) in [7, 11) is 3.61. The van der Waals surface area contributed by atoms with Crippen LogP contribution in [0.4, 0.5) is 5.69 Å². The molecule has 1 heterocycles. The summed E-state index contributed by atoms with van der Waals surface area (Å²) in [5, 5.41) is 0. The predicted molar refractivity (Wildman–Crippen MR) is 131 cm³/mol. The van der Waals surface area contributed by atoms with Crippen LogP contribution in [0.3, 0.4) is 0 Å². The Kier molecular flexibility index (Phi) is 6.31. The average molecular weight is 432 g/mol. The second kappa shape index (κ2) is 8.65. The van der Waals surface area contributed by atoms with E-state index in [2.05, 4.69) is 39.8 Å². The number of amides is 2. The number of nitrogens with two attached hydrogens (primary N) is 1. The molecule has 5 nitrogen and oxygen atoms in total. The van der Waals surface area contributed by atoms with Crippen LogP contribution in [-0.2, 0) is 18.9 Å². The van der Waals surface area contributed by atoms with Gasteiger partial charge >= 0.3 is 0 Å². The van der Waals surface area contributed by atoms with E-state index in [4.69, 9.17) is 5.73 Å². The molecule has 2 N–H and O–H groups in total. The molecule has 0 unspecified atom stereocenters. The van der Waals surface area contributed by atoms with Crippen LogP contribution in [0.25, 0.3) is 11.1 Å². The Hall–Kier alpha value is -3.34. The first-order chi connectivity index (χ1) is 15.0. The maximum atomic E-state index is 13.5. The summed E-state index contributed by atoms with van der Waals surface area (Å²) in [6.45, 7) is 10.6. The minimum atomic E-state index is -0.467. The number of primary amides is 1. The quantitative estimate of drug-likeness (QED) is 0.600. The number of aryl methyl sites for hydroxylation is 2. The number of nitrogens with zero attached hydrogens (tertiary/aromatic N) is 2. The van der Waals surface area contributed by atoms with E-state index in [-0.39, 0.29) is 11.3 Å². The lowest BCUT2D eigenvalue weighted by Gasteiger charge is -2.24. The lowest BCUT2D eigenvalue weighted by molar-refractivity contribution is 0.0984. The maximum absolute atomic E-state index is 13.5. The average Bonchev–Trinajstić information content (AvgIpc) is 3.13. The monoisotopic (exact) mass is 431 g/mol. The van der Waals surface area contributed by atoms with E-state index >= 15 is 0 Å². The molecule has 1 aromatic heterocycles. The van der Waals surface area contributed by atoms with E-state index < -0.39 is 5.91 Å². The fraction of sp³-hybridized carbons (Fsp3) is 0.333. The molecule has 0 saturated heterocycles. The highest BCUT2D eigenvalue weighted by atomic mass is 16.2. The van der Waals surface area contributed by atoms with Gasteiger partial charge in [0.25, 0.3) is 11.8 Å². The Labute approximate surface area is 190 Å². The molecule has 0 aliphatic rings. The van der Waals surface area contributed by atoms with Crippen molar-refractivity contribution in [1.29, 1.82) is 0 Å². The zero-order chi connectivity index (χ0) is 23.8. The third kappa shape index (κ3) is 4.33. The van der Waals surface area contributed by atoms with Crippen molar-refractivity contribution >= 4 is 17.5 Å². The number of anilines is 1. The fourth-order valence-corrected chi connectivity index (χ4v) is 4.11. The molecule has 168 valence electrons. The number of hydrogen-bond donors (Lipinski definition) is 1. The molecule has 5 heteroatoms. The van der Waals surface area contributed by atoms with Crippen molar-refractivity contribution in [3.8, 4) is 11.1 Å². The molecule has 0 fully saturated rings. The minimum absolute atomic E-state index is 0.0295. The molecule has 0 atom stereocenters. The van der Waals surface area contributed by atoms with Crippen molar-refractivity contribution in [1.82, 2.24) is 4.57 Å². The normalized spacial score (nSPS) is 11.5. The summed E-state index contributed by atoms with van der Waals surface area (Å²) in [5.74, 6) is -0.501. The Balaban J connectivity index is 2.01. The van der Waals surface area contributed by atoms with Gasteiger partial charge in [-0.15, -0.1) is 0 Å². The molecule has 0 spiro atoms. The topological polar surface area (TPSA) is 68.3 Å². The number of carbonyl (C=O) groups is 2. The Morgan fingerprint density at radius 1 is 1.09 bits per heavy atom. The third-order valence-electron chi connectivity index (χ3n) is 6.12. The van der Waals surface area contributed by atoms with Crippen LogP contribution in [-0.4, -0.2) is 23.4 Å². The Morgan fingerprint density at radius 2 is 1.78 bits per heavy atom. The molecular weight excluding hydrogens is 398 g/mol. The summed E-state index contributed by atoms with van der Waals surface area (Å²) in [6, 6.07) is 13.8. The molecular formula is C27H33N3O2. The van der Waals surface area contributed by atoms with Crippen LogP contribution in [0.2, 0.25) is 0 Å². The lowest BCUT2D eigenvalue weighted by atomic mass is 9.84. The van der Waals surface area contributed by atoms with Crippen molar-refractivity contribution in [3.05, 3.63) is 76.6 Å². The van der Waals surface area contributed by atoms with Crippen LogP contribution < -0.4 is 10.6 Å². The van der Waals surface area contributed by atoms with Crippen molar-refractivity contribution in [2.24, 2.45) is 12.8 Å². The van der Waals surface area contributed by atoms with Gasteiger partial charge < -0.3 is 15.2 Å². The Morgan fingerprint density at radius 3 is 2.34 bits per heavy atom. The number of hydrogen-bond acceptors (Lipinski definition) is 2. The summed E-state index contributed by atoms with van der Waals surface area (Å²) >= 11 is 0. The van der Waals surface area contributed by atoms with Gasteiger partial charge in [-0.1, -0.05) is 52.0 Å². The molecule has 0 aliphatic heterocycles. The highest BCUT2D eigenvalue weighted by Crippen LogP contribution is 2.33. The fourth-order valence-electron chi connectivity index (χ4n) is 4.11. The second-order valence-corrected chi connectivity index (χ2v) is 9.38. The highest BCUT2D eigenvalue weighted by molar-refractivity contribution is 6.07. The van der Waals surface area contributed by atoms with Gasteiger partial charge in [-0.25, -0.2) is 0 Å². The first-order valence-corrected chi connectivity index (χ1v) is 10.9. The van der Waals surface area contributed by atoms with E-state index in [9.17, 15) is 9.59 Å². The van der Waals surface area contributed by atoms with Gasteiger partial charge in [-0.2, -0.15) is 0 Å². The number of carbonyl (C=O) groups excluding carboxylic acids is 2. The van der Waals surface area contributed by atoms with Gasteiger partial charge in [0.2, 0.25) is 0 Å². The summed E-state index contributed by atoms with van der Waals surface area (Å²) in [5.41, 5.74) is 12.6. The first kappa shape index (κ1) is 23.3. The number of rotatable bonds is 5. The van der Waals surface area contributed by atoms with E-state index in [1.54, 1.807) is 22.6 Å². The minimum Gasteiger partial charge on any atom is -0.364 e. The van der Waals surface area contributed by atoms with E-state index in [0.717, 1.165) is 39.9 Å². The standard InChI is InChI=1S/C27H33N3O2/c1-8-18-14-20(27(3,4)5)12-13-22(18)26(32)30(7)23-11-9-10-21(17(23)2)19-15-24(25(28)31)29(6)16-19/h9-16H,8H2,1-7H3,(H2,28,31). The zero-order valence-corrected chi connectivity index (χ0v) is 20.1. The van der Waals surface area contributed by atoms with Crippen LogP contribution >= 0.6 is 0 Å². The largest absolute Gasteiger partial charge is 0.364 e. The second-order valence-electron chi connectivity index (χ2n) is 9.38. The summed E-state index contributed by atoms with van der Waals surface area (Å²) < 4.78 is 1.73. The molecule has 2 aromatic carbocycles. The Bertz CT molecular complexity index is 1180. The smallest absolute Gasteiger partial charge is 0.265 e. The van der Waals surface area contributed by atoms with Crippen molar-refractivity contribution in [2.75, 3.05) is 11.9 Å². The molecule has 0 aliphatic carbocycles. The number of benzene rings is 2. The van der Waals surface area contributed by atoms with Crippen LogP contribution in [0, 0.1) is 6.92 Å². The summed E-state index contributed by atoms with van der Waals surface area (Å²) in [6.07, 6.45) is 2.67. The number of aromatic nitrogens is 1. The molecule has 2 amide bonds. The van der Waals surface area contributed by atoms with Crippen LogP contribution in [0.15, 0.2) is 48.7 Å².